The van der Waals surface area contributed by atoms with Crippen LogP contribution in [-0.2, 0) is 0 Å². The number of nitrogens with zero attached hydrogens (tertiary/aromatic N) is 3. The molecule has 1 aromatic carbocycles. The van der Waals surface area contributed by atoms with Gasteiger partial charge in [0.1, 0.15) is 16.0 Å². The van der Waals surface area contributed by atoms with Gasteiger partial charge in [-0.1, -0.05) is 34.8 Å². The van der Waals surface area contributed by atoms with Gasteiger partial charge in [-0.25, -0.2) is 4.68 Å². The number of halogens is 4. The second-order valence-electron chi connectivity index (χ2n) is 7.91. The average molecular weight is 572 g/mol. The van der Waals surface area contributed by atoms with Crippen LogP contribution < -0.4 is 10.6 Å². The third-order valence-electron chi connectivity index (χ3n) is 5.42. The lowest BCUT2D eigenvalue weighted by molar-refractivity contribution is 0.0936. The number of carbonyl (C=O) groups excluding carboxylic acids is 2. The molecule has 1 unspecified atom stereocenters. The van der Waals surface area contributed by atoms with Crippen molar-refractivity contribution in [2.24, 2.45) is 5.92 Å². The third kappa shape index (κ3) is 5.19. The van der Waals surface area contributed by atoms with E-state index in [1.165, 1.54) is 23.1 Å². The number of carbonyl (C=O) groups is 2. The number of aryl methyl sites for hydroxylation is 1. The van der Waals surface area contributed by atoms with Gasteiger partial charge in [-0.15, -0.1) is 0 Å². The van der Waals surface area contributed by atoms with Crippen molar-refractivity contribution in [1.29, 1.82) is 0 Å². The van der Waals surface area contributed by atoms with Gasteiger partial charge in [0, 0.05) is 29.5 Å². The molecule has 33 heavy (non-hydrogen) atoms. The summed E-state index contributed by atoms with van der Waals surface area (Å²) in [6, 6.07) is 4.79. The first-order chi connectivity index (χ1) is 15.7. The van der Waals surface area contributed by atoms with E-state index in [1.54, 1.807) is 19.1 Å². The second-order valence-corrected chi connectivity index (χ2v) is 9.98. The van der Waals surface area contributed by atoms with E-state index in [2.05, 4.69) is 36.6 Å². The van der Waals surface area contributed by atoms with E-state index < -0.39 is 5.91 Å². The summed E-state index contributed by atoms with van der Waals surface area (Å²) in [5.74, 6) is -0.328. The van der Waals surface area contributed by atoms with Crippen LogP contribution in [0.4, 0.5) is 5.69 Å². The number of hydrogen-bond donors (Lipinski definition) is 2. The standard InChI is InChI=1S/C22H19BrCl3N5O2/c1-10-5-13(24)6-14(21(32)28-11(2)12-3-4-12)19(10)29-22(33)17-7-18(23)30-31(17)20-15(25)8-27-9-16(20)26/h5-9,11-12H,3-4H2,1-2H3,(H,28,32)(H,29,33). The van der Waals surface area contributed by atoms with Crippen LogP contribution in [0.15, 0.2) is 35.2 Å². The van der Waals surface area contributed by atoms with E-state index in [0.29, 0.717) is 32.5 Å². The number of rotatable bonds is 6. The Bertz CT molecular complexity index is 1240. The highest BCUT2D eigenvalue weighted by Gasteiger charge is 2.30. The molecule has 7 nitrogen and oxygen atoms in total. The van der Waals surface area contributed by atoms with E-state index in [-0.39, 0.29) is 33.3 Å². The second kappa shape index (κ2) is 9.62. The Morgan fingerprint density at radius 2 is 1.79 bits per heavy atom. The minimum absolute atomic E-state index is 0.0358. The first-order valence-corrected chi connectivity index (χ1v) is 12.1. The SMILES string of the molecule is Cc1cc(Cl)cc(C(=O)NC(C)C2CC2)c1NC(=O)c1cc(Br)nn1-c1c(Cl)cncc1Cl. The molecule has 0 saturated heterocycles. The quantitative estimate of drug-likeness (QED) is 0.375. The number of amides is 2. The molecule has 4 rings (SSSR count). The summed E-state index contributed by atoms with van der Waals surface area (Å²) in [5.41, 5.74) is 1.76. The minimum atomic E-state index is -0.508. The molecule has 2 amide bonds. The Balaban J connectivity index is 1.69. The van der Waals surface area contributed by atoms with Gasteiger partial charge in [0.25, 0.3) is 11.8 Å². The molecule has 0 spiro atoms. The maximum Gasteiger partial charge on any atom is 0.274 e. The smallest absolute Gasteiger partial charge is 0.274 e. The maximum atomic E-state index is 13.3. The zero-order valence-electron chi connectivity index (χ0n) is 17.6. The summed E-state index contributed by atoms with van der Waals surface area (Å²) in [6.07, 6.45) is 5.01. The number of benzene rings is 1. The lowest BCUT2D eigenvalue weighted by Crippen LogP contribution is -2.34. The molecule has 1 aliphatic rings. The summed E-state index contributed by atoms with van der Waals surface area (Å²) >= 11 is 22.1. The van der Waals surface area contributed by atoms with Crippen molar-refractivity contribution in [2.45, 2.75) is 32.7 Å². The van der Waals surface area contributed by atoms with Crippen LogP contribution in [0.2, 0.25) is 15.1 Å². The van der Waals surface area contributed by atoms with Crippen molar-refractivity contribution >= 4 is 68.2 Å². The van der Waals surface area contributed by atoms with Gasteiger partial charge in [-0.05, 0) is 66.2 Å². The Hall–Kier alpha value is -2.13. The van der Waals surface area contributed by atoms with Crippen molar-refractivity contribution < 1.29 is 9.59 Å². The largest absolute Gasteiger partial charge is 0.349 e. The molecule has 0 radical (unpaired) electrons. The summed E-state index contributed by atoms with van der Waals surface area (Å²) < 4.78 is 1.73. The molecule has 1 fully saturated rings. The van der Waals surface area contributed by atoms with Crippen LogP contribution >= 0.6 is 50.7 Å². The molecule has 1 saturated carbocycles. The number of anilines is 1. The van der Waals surface area contributed by atoms with Gasteiger partial charge in [-0.2, -0.15) is 5.10 Å². The monoisotopic (exact) mass is 569 g/mol. The van der Waals surface area contributed by atoms with E-state index >= 15 is 0 Å². The highest BCUT2D eigenvalue weighted by atomic mass is 79.9. The Kier molecular flexibility index (Phi) is 7.00. The zero-order valence-corrected chi connectivity index (χ0v) is 21.5. The van der Waals surface area contributed by atoms with Crippen LogP contribution in [0.25, 0.3) is 5.69 Å². The molecule has 172 valence electrons. The van der Waals surface area contributed by atoms with Crippen LogP contribution in [-0.4, -0.2) is 32.6 Å². The maximum absolute atomic E-state index is 13.3. The molecular weight excluding hydrogens is 553 g/mol. The number of hydrogen-bond acceptors (Lipinski definition) is 4. The molecule has 2 aromatic heterocycles. The average Bonchev–Trinajstić information content (AvgIpc) is 3.52. The summed E-state index contributed by atoms with van der Waals surface area (Å²) in [7, 11) is 0. The van der Waals surface area contributed by atoms with Gasteiger partial charge in [0.2, 0.25) is 0 Å². The lowest BCUT2D eigenvalue weighted by Gasteiger charge is -2.18. The van der Waals surface area contributed by atoms with Crippen molar-refractivity contribution in [3.05, 3.63) is 67.1 Å². The topological polar surface area (TPSA) is 88.9 Å². The number of pyridine rings is 1. The van der Waals surface area contributed by atoms with Gasteiger partial charge in [0.15, 0.2) is 0 Å². The molecule has 3 aromatic rings. The molecule has 11 heteroatoms. The predicted octanol–water partition coefficient (Wildman–Crippen LogP) is 6.08. The fourth-order valence-electron chi connectivity index (χ4n) is 3.56. The molecule has 1 atom stereocenters. The van der Waals surface area contributed by atoms with E-state index in [9.17, 15) is 9.59 Å². The Morgan fingerprint density at radius 3 is 2.42 bits per heavy atom. The van der Waals surface area contributed by atoms with E-state index in [1.807, 2.05) is 6.92 Å². The van der Waals surface area contributed by atoms with Crippen LogP contribution in [0.1, 0.15) is 46.2 Å². The first kappa shape index (κ1) is 24.0. The van der Waals surface area contributed by atoms with Crippen molar-refractivity contribution in [3.8, 4) is 5.69 Å². The summed E-state index contributed by atoms with van der Waals surface area (Å²) in [5, 5.41) is 11.0. The Labute approximate surface area is 213 Å². The fourth-order valence-corrected chi connectivity index (χ4v) is 4.73. The lowest BCUT2D eigenvalue weighted by atomic mass is 10.1. The van der Waals surface area contributed by atoms with Gasteiger partial charge < -0.3 is 10.6 Å². The predicted molar refractivity (Wildman–Crippen MR) is 133 cm³/mol. The van der Waals surface area contributed by atoms with Crippen LogP contribution in [0, 0.1) is 12.8 Å². The van der Waals surface area contributed by atoms with Crippen molar-refractivity contribution in [2.75, 3.05) is 5.32 Å². The number of nitrogens with one attached hydrogen (secondary N) is 2. The zero-order chi connectivity index (χ0) is 23.9. The molecule has 1 aliphatic carbocycles. The fraction of sp³-hybridized carbons (Fsp3) is 0.273. The molecular formula is C22H19BrCl3N5O2. The van der Waals surface area contributed by atoms with Gasteiger partial charge in [0.05, 0.1) is 21.3 Å². The van der Waals surface area contributed by atoms with Crippen molar-refractivity contribution in [3.63, 3.8) is 0 Å². The highest BCUT2D eigenvalue weighted by Crippen LogP contribution is 2.34. The van der Waals surface area contributed by atoms with Crippen molar-refractivity contribution in [1.82, 2.24) is 20.1 Å². The molecule has 0 bridgehead atoms. The summed E-state index contributed by atoms with van der Waals surface area (Å²) in [4.78, 5) is 30.3. The third-order valence-corrected chi connectivity index (χ3v) is 6.58. The molecule has 0 aliphatic heterocycles. The summed E-state index contributed by atoms with van der Waals surface area (Å²) in [6.45, 7) is 3.75. The Morgan fingerprint density at radius 1 is 1.12 bits per heavy atom. The van der Waals surface area contributed by atoms with Crippen LogP contribution in [0.5, 0.6) is 0 Å². The minimum Gasteiger partial charge on any atom is -0.349 e. The molecule has 2 N–H and O–H groups in total. The number of aromatic nitrogens is 3. The first-order valence-electron chi connectivity index (χ1n) is 10.1. The highest BCUT2D eigenvalue weighted by molar-refractivity contribution is 9.10. The van der Waals surface area contributed by atoms with E-state index in [4.69, 9.17) is 34.8 Å². The van der Waals surface area contributed by atoms with Gasteiger partial charge in [-0.3, -0.25) is 14.6 Å². The molecule has 2 heterocycles. The normalized spacial score (nSPS) is 14.1. The van der Waals surface area contributed by atoms with Crippen LogP contribution in [0.3, 0.4) is 0 Å². The van der Waals surface area contributed by atoms with Gasteiger partial charge >= 0.3 is 0 Å². The van der Waals surface area contributed by atoms with E-state index in [0.717, 1.165) is 12.8 Å².